The van der Waals surface area contributed by atoms with Crippen molar-refractivity contribution in [2.45, 2.75) is 144 Å². The van der Waals surface area contributed by atoms with Gasteiger partial charge in [0.1, 0.15) is 12.1 Å². The fourth-order valence-electron chi connectivity index (χ4n) is 6.57. The molecular formula is C32H61IN7NaO10S2. The molecule has 0 aromatic carbocycles. The predicted octanol–water partition coefficient (Wildman–Crippen LogP) is 2.24. The second-order valence-electron chi connectivity index (χ2n) is 12.9. The molecular weight excluding hydrogens is 856 g/mol. The fourth-order valence-corrected chi connectivity index (χ4v) is 7.33. The van der Waals surface area contributed by atoms with E-state index in [4.69, 9.17) is 10.5 Å². The van der Waals surface area contributed by atoms with E-state index < -0.39 is 57.0 Å². The second kappa shape index (κ2) is 26.7. The quantitative estimate of drug-likeness (QED) is 0.0715. The van der Waals surface area contributed by atoms with E-state index in [9.17, 15) is 35.5 Å². The average Bonchev–Trinajstić information content (AvgIpc) is 3.43. The Hall–Kier alpha value is -1.05. The number of nitriles is 2. The van der Waals surface area contributed by atoms with E-state index in [-0.39, 0.29) is 81.5 Å². The van der Waals surface area contributed by atoms with Crippen LogP contribution in [0.5, 0.6) is 0 Å². The number of piperidine rings is 2. The molecule has 21 heteroatoms. The van der Waals surface area contributed by atoms with E-state index in [0.29, 0.717) is 35.8 Å². The number of quaternary nitrogens is 1. The first-order chi connectivity index (χ1) is 23.1. The number of halogens is 1. The van der Waals surface area contributed by atoms with Gasteiger partial charge in [0.25, 0.3) is 0 Å². The predicted molar refractivity (Wildman–Crippen MR) is 203 cm³/mol. The van der Waals surface area contributed by atoms with Crippen molar-refractivity contribution < 1.29 is 78.1 Å². The van der Waals surface area contributed by atoms with Crippen LogP contribution in [0.1, 0.15) is 120 Å². The summed E-state index contributed by atoms with van der Waals surface area (Å²) >= 11 is 0. The van der Waals surface area contributed by atoms with E-state index in [1.54, 1.807) is 0 Å². The summed E-state index contributed by atoms with van der Waals surface area (Å²) < 4.78 is 72.1. The molecule has 4 amide bonds. The number of amides is 4. The molecule has 0 unspecified atom stereocenters. The van der Waals surface area contributed by atoms with Crippen molar-refractivity contribution in [1.29, 1.82) is 10.5 Å². The molecule has 4 fully saturated rings. The van der Waals surface area contributed by atoms with E-state index in [1.807, 2.05) is 12.1 Å². The van der Waals surface area contributed by atoms with Gasteiger partial charge in [-0.2, -0.15) is 29.2 Å². The van der Waals surface area contributed by atoms with Gasteiger partial charge in [-0.25, -0.2) is 26.4 Å². The molecule has 17 nitrogen and oxygen atoms in total. The van der Waals surface area contributed by atoms with Gasteiger partial charge in [0.05, 0.1) is 50.4 Å². The zero-order valence-corrected chi connectivity index (χ0v) is 36.4. The molecule has 0 radical (unpaired) electrons. The maximum Gasteiger partial charge on any atom is 1.00 e. The zero-order valence-electron chi connectivity index (χ0n) is 30.5. The Bertz CT molecular complexity index is 1280. The number of hydroxylamine groups is 4. The minimum atomic E-state index is -4.96. The molecule has 4 heterocycles. The summed E-state index contributed by atoms with van der Waals surface area (Å²) in [6.07, 6.45) is 12.8. The summed E-state index contributed by atoms with van der Waals surface area (Å²) in [5.74, 6) is 0. The van der Waals surface area contributed by atoms with Crippen LogP contribution in [-0.2, 0) is 29.4 Å². The maximum absolute atomic E-state index is 11.6. The average molecular weight is 918 g/mol. The number of fused-ring (bicyclic) bond motifs is 4. The molecule has 4 saturated heterocycles. The first kappa shape index (κ1) is 56.3. The molecule has 0 aromatic heterocycles. The van der Waals surface area contributed by atoms with Crippen molar-refractivity contribution in [2.75, 3.05) is 39.3 Å². The molecule has 4 atom stereocenters. The number of hydrogen-bond donors (Lipinski definition) is 0. The van der Waals surface area contributed by atoms with Crippen molar-refractivity contribution in [3.63, 3.8) is 0 Å². The summed E-state index contributed by atoms with van der Waals surface area (Å²) in [5, 5.41) is 18.6. The van der Waals surface area contributed by atoms with Crippen LogP contribution in [0.25, 0.3) is 0 Å². The van der Waals surface area contributed by atoms with Crippen LogP contribution in [0.2, 0.25) is 0 Å². The Labute approximate surface area is 358 Å². The normalized spacial score (nSPS) is 21.6. The molecule has 0 N–H and O–H groups in total. The number of nitrogens with zero attached hydrogens (tertiary/aromatic N) is 7. The van der Waals surface area contributed by atoms with Gasteiger partial charge in [-0.1, -0.05) is 68.2 Å². The van der Waals surface area contributed by atoms with Gasteiger partial charge in [0.2, 0.25) is 20.8 Å². The smallest absolute Gasteiger partial charge is 0.724 e. The van der Waals surface area contributed by atoms with Gasteiger partial charge in [-0.3, -0.25) is 0 Å². The summed E-state index contributed by atoms with van der Waals surface area (Å²) in [6.45, 7) is 15.4. The summed E-state index contributed by atoms with van der Waals surface area (Å²) in [6, 6.07) is 0.300. The first-order valence-corrected chi connectivity index (χ1v) is 19.9. The number of carbonyl (C=O) groups excluding carboxylic acids is 2. The van der Waals surface area contributed by atoms with Gasteiger partial charge < -0.3 is 23.4 Å². The summed E-state index contributed by atoms with van der Waals surface area (Å²) in [7, 11) is -9.92. The van der Waals surface area contributed by atoms with Crippen LogP contribution >= 0.6 is 24.0 Å². The monoisotopic (exact) mass is 917 g/mol. The topological polar surface area (TPSA) is 228 Å². The molecule has 304 valence electrons. The summed E-state index contributed by atoms with van der Waals surface area (Å²) in [5.41, 5.74) is 0. The van der Waals surface area contributed by atoms with E-state index in [0.717, 1.165) is 0 Å². The van der Waals surface area contributed by atoms with Crippen molar-refractivity contribution in [3.8, 4) is 12.1 Å². The Morgan fingerprint density at radius 2 is 0.943 bits per heavy atom. The molecule has 0 spiro atoms. The summed E-state index contributed by atoms with van der Waals surface area (Å²) in [4.78, 5) is 25.6. The maximum atomic E-state index is 11.6. The molecule has 4 aliphatic heterocycles. The Morgan fingerprint density at radius 3 is 1.17 bits per heavy atom. The molecule has 0 saturated carbocycles. The van der Waals surface area contributed by atoms with Crippen molar-refractivity contribution in [3.05, 3.63) is 0 Å². The fraction of sp³-hybridized carbons (Fsp3) is 0.875. The molecule has 53 heavy (non-hydrogen) atoms. The van der Waals surface area contributed by atoms with E-state index in [1.165, 1.54) is 91.8 Å². The van der Waals surface area contributed by atoms with E-state index >= 15 is 0 Å². The van der Waals surface area contributed by atoms with Crippen LogP contribution in [0.15, 0.2) is 0 Å². The largest absolute Gasteiger partial charge is 1.00 e. The van der Waals surface area contributed by atoms with Crippen molar-refractivity contribution in [2.24, 2.45) is 0 Å². The number of unbranched alkanes of at least 4 members (excludes halogenated alkanes) is 4. The van der Waals surface area contributed by atoms with Crippen molar-refractivity contribution in [1.82, 2.24) is 19.9 Å². The van der Waals surface area contributed by atoms with Gasteiger partial charge in [0.15, 0.2) is 0 Å². The third kappa shape index (κ3) is 17.7. The third-order valence-electron chi connectivity index (χ3n) is 9.23. The van der Waals surface area contributed by atoms with Crippen LogP contribution in [-0.4, -0.2) is 126 Å². The minimum Gasteiger partial charge on any atom is -0.724 e. The number of hydrogen-bond acceptors (Lipinski definition) is 12. The molecule has 0 aromatic rings. The van der Waals surface area contributed by atoms with Gasteiger partial charge >= 0.3 is 41.6 Å². The zero-order chi connectivity index (χ0) is 36.8. The van der Waals surface area contributed by atoms with Crippen LogP contribution in [0, 0.1) is 22.7 Å². The van der Waals surface area contributed by atoms with Crippen molar-refractivity contribution >= 4 is 56.8 Å². The van der Waals surface area contributed by atoms with Gasteiger partial charge in [0, 0.05) is 13.1 Å². The number of rotatable bonds is 16. The van der Waals surface area contributed by atoms with Gasteiger partial charge in [-0.15, -0.1) is 24.0 Å². The number of carbonyl (C=O) groups is 2. The first-order valence-electron chi connectivity index (χ1n) is 17.2. The van der Waals surface area contributed by atoms with Crippen LogP contribution in [0.4, 0.5) is 9.59 Å². The third-order valence-corrected chi connectivity index (χ3v) is 9.92. The second-order valence-corrected chi connectivity index (χ2v) is 14.8. The standard InChI is InChI=1S/C16H36N.2C7H9N3O5S.2CH4.HI.Na/c1-5-9-13-17(14-10-6-2,15-11-7-3)16-12-8-4;2*8-3-5-1-2-6-4-9(5)7(11)10(6)15-16(12,13)14;;;;/h5-16H2,1-4H3;2*5-6H,1-2,4H2,(H,12,13,14);2*1H4;1H;/q+1;;;;;;+1/p-2/t;2*5-,6+;;;;/m.00..../s1. The molecule has 4 rings (SSSR count). The molecule has 0 aliphatic carbocycles. The Morgan fingerprint density at radius 1 is 0.660 bits per heavy atom. The van der Waals surface area contributed by atoms with Crippen LogP contribution < -0.4 is 29.6 Å². The number of urea groups is 2. The van der Waals surface area contributed by atoms with E-state index in [2.05, 4.69) is 36.3 Å². The molecule has 4 aliphatic rings. The molecule has 4 bridgehead atoms. The van der Waals surface area contributed by atoms with Crippen LogP contribution in [0.3, 0.4) is 0 Å². The SMILES string of the molecule is C.C.CCCC[N+](CCCC)(CCCC)CCCC.I.N#C[C@@H]1CC[C@@H]2CN1C(=O)N2OS(=O)(=O)[O-].N#C[C@@H]1CC[C@@H]2CN1C(=O)N2OS(=O)(=O)[O-].[Na+]. The Balaban J connectivity index is -0.000000682. The minimum absolute atomic E-state index is 0. The van der Waals surface area contributed by atoms with Gasteiger partial charge in [-0.05, 0) is 51.4 Å². The Kier molecular flexibility index (Phi) is 28.4.